The molecule has 1 fully saturated rings. The van der Waals surface area contributed by atoms with Gasteiger partial charge in [0, 0.05) is 12.6 Å². The lowest BCUT2D eigenvalue weighted by atomic mass is 10.0. The summed E-state index contributed by atoms with van der Waals surface area (Å²) >= 11 is 1.12. The maximum Gasteiger partial charge on any atom is 0.304 e. The highest BCUT2D eigenvalue weighted by Crippen LogP contribution is 2.29. The number of thiazole rings is 1. The van der Waals surface area contributed by atoms with Crippen molar-refractivity contribution in [2.75, 3.05) is 6.54 Å². The van der Waals surface area contributed by atoms with E-state index in [1.54, 1.807) is 6.92 Å². The number of hydrogen-bond donors (Lipinski definition) is 1. The fourth-order valence-electron chi connectivity index (χ4n) is 2.27. The number of aryl methyl sites for hydroxylation is 1. The lowest BCUT2D eigenvalue weighted by molar-refractivity contribution is -0.138. The molecule has 19 heavy (non-hydrogen) atoms. The van der Waals surface area contributed by atoms with E-state index in [1.807, 2.05) is 0 Å². The van der Waals surface area contributed by atoms with E-state index in [-0.39, 0.29) is 10.6 Å². The lowest BCUT2D eigenvalue weighted by Gasteiger charge is -2.33. The van der Waals surface area contributed by atoms with E-state index in [4.69, 9.17) is 5.11 Å². The van der Waals surface area contributed by atoms with Gasteiger partial charge in [-0.2, -0.15) is 4.31 Å². The first-order valence-corrected chi connectivity index (χ1v) is 8.33. The maximum atomic E-state index is 12.5. The van der Waals surface area contributed by atoms with Gasteiger partial charge in [-0.3, -0.25) is 4.79 Å². The van der Waals surface area contributed by atoms with E-state index in [2.05, 4.69) is 4.98 Å². The average molecular weight is 304 g/mol. The Morgan fingerprint density at radius 1 is 1.58 bits per heavy atom. The minimum absolute atomic E-state index is 0.142. The van der Waals surface area contributed by atoms with Crippen LogP contribution < -0.4 is 0 Å². The fourth-order valence-corrected chi connectivity index (χ4v) is 5.20. The summed E-state index contributed by atoms with van der Waals surface area (Å²) in [6.45, 7) is 2.13. The highest BCUT2D eigenvalue weighted by atomic mass is 32.2. The van der Waals surface area contributed by atoms with Crippen LogP contribution >= 0.6 is 11.3 Å². The van der Waals surface area contributed by atoms with Crippen LogP contribution in [0, 0.1) is 6.92 Å². The normalized spacial score (nSPS) is 21.4. The molecule has 0 bridgehead atoms. The van der Waals surface area contributed by atoms with Crippen molar-refractivity contribution in [3.05, 3.63) is 11.2 Å². The molecule has 0 saturated carbocycles. The molecule has 1 unspecified atom stereocenters. The standard InChI is InChI=1S/C11H16N2O4S2/c1-8-12-7-11(18-8)19(16,17)13-5-3-2-4-9(13)6-10(14)15/h7,9H,2-6H2,1H3,(H,14,15). The van der Waals surface area contributed by atoms with Gasteiger partial charge in [-0.05, 0) is 19.8 Å². The number of rotatable bonds is 4. The Bertz CT molecular complexity index is 567. The molecule has 1 saturated heterocycles. The molecule has 1 aliphatic rings. The molecule has 8 heteroatoms. The largest absolute Gasteiger partial charge is 0.481 e. The van der Waals surface area contributed by atoms with Crippen LogP contribution in [0.2, 0.25) is 0 Å². The number of hydrogen-bond acceptors (Lipinski definition) is 5. The third-order valence-corrected chi connectivity index (χ3v) is 6.45. The number of piperidine rings is 1. The Kier molecular flexibility index (Phi) is 4.22. The molecule has 106 valence electrons. The van der Waals surface area contributed by atoms with Crippen molar-refractivity contribution in [2.24, 2.45) is 0 Å². The van der Waals surface area contributed by atoms with Gasteiger partial charge in [-0.25, -0.2) is 13.4 Å². The fraction of sp³-hybridized carbons (Fsp3) is 0.636. The first kappa shape index (κ1) is 14.4. The van der Waals surface area contributed by atoms with Crippen molar-refractivity contribution in [1.29, 1.82) is 0 Å². The molecular weight excluding hydrogens is 288 g/mol. The quantitative estimate of drug-likeness (QED) is 0.910. The first-order chi connectivity index (χ1) is 8.91. The van der Waals surface area contributed by atoms with Gasteiger partial charge in [0.1, 0.15) is 0 Å². The highest BCUT2D eigenvalue weighted by Gasteiger charge is 2.35. The van der Waals surface area contributed by atoms with Crippen LogP contribution in [0.1, 0.15) is 30.7 Å². The van der Waals surface area contributed by atoms with Crippen LogP contribution in [0.4, 0.5) is 0 Å². The summed E-state index contributed by atoms with van der Waals surface area (Å²) in [6, 6.07) is -0.446. The molecular formula is C11H16N2O4S2. The van der Waals surface area contributed by atoms with E-state index >= 15 is 0 Å². The van der Waals surface area contributed by atoms with Crippen LogP contribution in [-0.4, -0.2) is 41.4 Å². The molecule has 0 amide bonds. The Balaban J connectivity index is 2.28. The van der Waals surface area contributed by atoms with Gasteiger partial charge in [-0.1, -0.05) is 6.42 Å². The molecule has 2 rings (SSSR count). The third kappa shape index (κ3) is 3.13. The number of carbonyl (C=O) groups is 1. The van der Waals surface area contributed by atoms with Crippen molar-refractivity contribution in [1.82, 2.24) is 9.29 Å². The average Bonchev–Trinajstić information content (AvgIpc) is 2.76. The van der Waals surface area contributed by atoms with Crippen LogP contribution in [0.3, 0.4) is 0 Å². The Morgan fingerprint density at radius 2 is 2.32 bits per heavy atom. The van der Waals surface area contributed by atoms with Crippen molar-refractivity contribution >= 4 is 27.3 Å². The zero-order chi connectivity index (χ0) is 14.0. The zero-order valence-electron chi connectivity index (χ0n) is 10.6. The van der Waals surface area contributed by atoms with Crippen LogP contribution in [-0.2, 0) is 14.8 Å². The van der Waals surface area contributed by atoms with Crippen molar-refractivity contribution in [3.63, 3.8) is 0 Å². The molecule has 1 N–H and O–H groups in total. The summed E-state index contributed by atoms with van der Waals surface area (Å²) in [7, 11) is -3.61. The van der Waals surface area contributed by atoms with E-state index in [0.29, 0.717) is 18.0 Å². The highest BCUT2D eigenvalue weighted by molar-refractivity contribution is 7.91. The van der Waals surface area contributed by atoms with Crippen molar-refractivity contribution in [3.8, 4) is 0 Å². The van der Waals surface area contributed by atoms with Gasteiger partial charge in [-0.15, -0.1) is 11.3 Å². The number of carboxylic acid groups (broad SMARTS) is 1. The van der Waals surface area contributed by atoms with Crippen LogP contribution in [0.5, 0.6) is 0 Å². The number of aliphatic carboxylic acids is 1. The molecule has 1 atom stereocenters. The SMILES string of the molecule is Cc1ncc(S(=O)(=O)N2CCCCC2CC(=O)O)s1. The number of nitrogens with zero attached hydrogens (tertiary/aromatic N) is 2. The van der Waals surface area contributed by atoms with Crippen molar-refractivity contribution < 1.29 is 18.3 Å². The summed E-state index contributed by atoms with van der Waals surface area (Å²) in [5, 5.41) is 9.58. The maximum absolute atomic E-state index is 12.5. The molecule has 6 nitrogen and oxygen atoms in total. The topological polar surface area (TPSA) is 87.6 Å². The van der Waals surface area contributed by atoms with Crippen LogP contribution in [0.25, 0.3) is 0 Å². The minimum atomic E-state index is -3.61. The number of sulfonamides is 1. The summed E-state index contributed by atoms with van der Waals surface area (Å²) in [6.07, 6.45) is 3.45. The van der Waals surface area contributed by atoms with Gasteiger partial charge in [0.15, 0.2) is 4.21 Å². The Labute approximate surface area is 116 Å². The predicted molar refractivity (Wildman–Crippen MR) is 70.6 cm³/mol. The third-order valence-electron chi connectivity index (χ3n) is 3.15. The molecule has 0 aromatic carbocycles. The van der Waals surface area contributed by atoms with Gasteiger partial charge in [0.25, 0.3) is 10.0 Å². The summed E-state index contributed by atoms with van der Waals surface area (Å²) in [5.41, 5.74) is 0. The first-order valence-electron chi connectivity index (χ1n) is 6.07. The van der Waals surface area contributed by atoms with E-state index < -0.39 is 22.0 Å². The lowest BCUT2D eigenvalue weighted by Crippen LogP contribution is -2.44. The monoisotopic (exact) mass is 304 g/mol. The minimum Gasteiger partial charge on any atom is -0.481 e. The van der Waals surface area contributed by atoms with Gasteiger partial charge >= 0.3 is 5.97 Å². The smallest absolute Gasteiger partial charge is 0.304 e. The van der Waals surface area contributed by atoms with Crippen LogP contribution in [0.15, 0.2) is 10.4 Å². The second kappa shape index (κ2) is 5.56. The molecule has 0 radical (unpaired) electrons. The molecule has 2 heterocycles. The zero-order valence-corrected chi connectivity index (χ0v) is 12.2. The van der Waals surface area contributed by atoms with Gasteiger partial charge < -0.3 is 5.11 Å². The van der Waals surface area contributed by atoms with E-state index in [9.17, 15) is 13.2 Å². The molecule has 1 aliphatic heterocycles. The van der Waals surface area contributed by atoms with Gasteiger partial charge in [0.05, 0.1) is 17.6 Å². The molecule has 1 aromatic heterocycles. The Morgan fingerprint density at radius 3 is 2.89 bits per heavy atom. The molecule has 0 aliphatic carbocycles. The predicted octanol–water partition coefficient (Wildman–Crippen LogP) is 1.47. The second-order valence-corrected chi connectivity index (χ2v) is 7.91. The van der Waals surface area contributed by atoms with Crippen molar-refractivity contribution in [2.45, 2.75) is 42.9 Å². The Hall–Kier alpha value is -0.990. The number of carboxylic acids is 1. The molecule has 1 aromatic rings. The molecule has 0 spiro atoms. The van der Waals surface area contributed by atoms with E-state index in [0.717, 1.165) is 24.2 Å². The summed E-state index contributed by atoms with van der Waals surface area (Å²) < 4.78 is 26.5. The number of aromatic nitrogens is 1. The second-order valence-electron chi connectivity index (χ2n) is 4.56. The summed E-state index contributed by atoms with van der Waals surface area (Å²) in [5.74, 6) is -0.965. The van der Waals surface area contributed by atoms with E-state index in [1.165, 1.54) is 10.5 Å². The van der Waals surface area contributed by atoms with Gasteiger partial charge in [0.2, 0.25) is 0 Å². The summed E-state index contributed by atoms with van der Waals surface area (Å²) in [4.78, 5) is 14.8.